The van der Waals surface area contributed by atoms with Gasteiger partial charge in [0.15, 0.2) is 9.84 Å². The summed E-state index contributed by atoms with van der Waals surface area (Å²) in [5.74, 6) is 1.60. The third kappa shape index (κ3) is 7.18. The lowest BCUT2D eigenvalue weighted by atomic mass is 9.91. The van der Waals surface area contributed by atoms with Gasteiger partial charge >= 0.3 is 6.09 Å². The van der Waals surface area contributed by atoms with Crippen molar-refractivity contribution in [2.45, 2.75) is 70.2 Å². The zero-order valence-corrected chi connectivity index (χ0v) is 20.4. The van der Waals surface area contributed by atoms with E-state index in [0.717, 1.165) is 31.5 Å². The maximum absolute atomic E-state index is 12.2. The van der Waals surface area contributed by atoms with Gasteiger partial charge in [0.1, 0.15) is 5.60 Å². The van der Waals surface area contributed by atoms with Crippen molar-refractivity contribution in [3.8, 4) is 0 Å². The minimum Gasteiger partial charge on any atom is -0.444 e. The summed E-state index contributed by atoms with van der Waals surface area (Å²) in [5.41, 5.74) is 0.475. The fraction of sp³-hybridized carbons (Fsp3) is 0.708. The lowest BCUT2D eigenvalue weighted by Crippen LogP contribution is -2.42. The number of sulfone groups is 1. The molecule has 7 nitrogen and oxygen atoms in total. The molecule has 2 fully saturated rings. The predicted octanol–water partition coefficient (Wildman–Crippen LogP) is 3.64. The van der Waals surface area contributed by atoms with E-state index < -0.39 is 21.5 Å². The summed E-state index contributed by atoms with van der Waals surface area (Å²) in [6.07, 6.45) is 2.11. The van der Waals surface area contributed by atoms with E-state index in [-0.39, 0.29) is 16.7 Å². The second-order valence-electron chi connectivity index (χ2n) is 10.3. The van der Waals surface area contributed by atoms with E-state index in [1.807, 2.05) is 25.7 Å². The van der Waals surface area contributed by atoms with E-state index in [2.05, 4.69) is 0 Å². The highest BCUT2D eigenvalue weighted by Gasteiger charge is 2.44. The van der Waals surface area contributed by atoms with Gasteiger partial charge in [0.25, 0.3) is 0 Å². The Balaban J connectivity index is 1.36. The van der Waals surface area contributed by atoms with Gasteiger partial charge in [0.2, 0.25) is 0 Å². The molecule has 8 heteroatoms. The molecule has 1 N–H and O–H groups in total. The number of amides is 1. The second-order valence-corrected chi connectivity index (χ2v) is 12.3. The Morgan fingerprint density at radius 2 is 1.81 bits per heavy atom. The number of aliphatic hydroxyl groups is 1. The molecule has 0 bridgehead atoms. The molecular weight excluding hydrogens is 430 g/mol. The van der Waals surface area contributed by atoms with Crippen molar-refractivity contribution in [1.82, 2.24) is 4.90 Å². The van der Waals surface area contributed by atoms with E-state index in [4.69, 9.17) is 9.47 Å². The van der Waals surface area contributed by atoms with Crippen LogP contribution in [0.15, 0.2) is 29.2 Å². The van der Waals surface area contributed by atoms with E-state index in [9.17, 15) is 18.3 Å². The Labute approximate surface area is 192 Å². The smallest absolute Gasteiger partial charge is 0.410 e. The third-order valence-corrected chi connectivity index (χ3v) is 8.03. The molecule has 1 unspecified atom stereocenters. The van der Waals surface area contributed by atoms with Gasteiger partial charge in [-0.3, -0.25) is 0 Å². The first-order valence-corrected chi connectivity index (χ1v) is 13.2. The first-order chi connectivity index (χ1) is 14.9. The van der Waals surface area contributed by atoms with Crippen LogP contribution in [-0.2, 0) is 25.9 Å². The summed E-state index contributed by atoms with van der Waals surface area (Å²) in [7, 11) is -3.46. The summed E-state index contributed by atoms with van der Waals surface area (Å²) >= 11 is 0. The molecule has 180 valence electrons. The van der Waals surface area contributed by atoms with Crippen LogP contribution in [0.25, 0.3) is 0 Å². The Morgan fingerprint density at radius 3 is 2.38 bits per heavy atom. The van der Waals surface area contributed by atoms with Gasteiger partial charge in [0.05, 0.1) is 30.0 Å². The molecule has 1 aliphatic heterocycles. The van der Waals surface area contributed by atoms with Crippen molar-refractivity contribution < 1.29 is 27.8 Å². The van der Waals surface area contributed by atoms with Crippen molar-refractivity contribution >= 4 is 15.9 Å². The molecule has 0 radical (unpaired) electrons. The number of likely N-dealkylation sites (tertiary alicyclic amines) is 1. The molecule has 3 rings (SSSR count). The van der Waals surface area contributed by atoms with Crippen LogP contribution >= 0.6 is 0 Å². The van der Waals surface area contributed by atoms with Crippen molar-refractivity contribution in [3.05, 3.63) is 29.8 Å². The Morgan fingerprint density at radius 1 is 1.19 bits per heavy atom. The molecule has 2 aliphatic rings. The van der Waals surface area contributed by atoms with Crippen LogP contribution in [0, 0.1) is 17.8 Å². The van der Waals surface area contributed by atoms with Crippen LogP contribution in [0.1, 0.15) is 52.5 Å². The van der Waals surface area contributed by atoms with Gasteiger partial charge in [-0.25, -0.2) is 13.2 Å². The molecule has 1 saturated carbocycles. The Hall–Kier alpha value is -1.64. The maximum atomic E-state index is 12.2. The van der Waals surface area contributed by atoms with E-state index >= 15 is 0 Å². The standard InChI is InChI=1S/C24H37NO6S/c1-17(26)16-32(28,29)21-7-5-18(6-8-21)14-30-15-20-13-22(20)19-9-11-25(12-10-19)23(27)31-24(2,3)4/h5-8,17,19-20,22,26H,9-16H2,1-4H3/t17?,20-,22+/m0/s1. The summed E-state index contributed by atoms with van der Waals surface area (Å²) < 4.78 is 35.7. The van der Waals surface area contributed by atoms with Gasteiger partial charge < -0.3 is 19.5 Å². The molecule has 0 spiro atoms. The second kappa shape index (κ2) is 10.1. The first-order valence-electron chi connectivity index (χ1n) is 11.5. The summed E-state index contributed by atoms with van der Waals surface area (Å²) in [5, 5.41) is 9.35. The first kappa shape index (κ1) is 25.0. The third-order valence-electron chi connectivity index (χ3n) is 6.12. The summed E-state index contributed by atoms with van der Waals surface area (Å²) in [6, 6.07) is 6.70. The van der Waals surface area contributed by atoms with Gasteiger partial charge in [-0.1, -0.05) is 12.1 Å². The van der Waals surface area contributed by atoms with Crippen LogP contribution < -0.4 is 0 Å². The van der Waals surface area contributed by atoms with Crippen molar-refractivity contribution in [3.63, 3.8) is 0 Å². The molecule has 3 atom stereocenters. The fourth-order valence-electron chi connectivity index (χ4n) is 4.41. The SMILES string of the molecule is CC(O)CS(=O)(=O)c1ccc(COC[C@@H]2C[C@@H]2C2CCN(C(=O)OC(C)(C)C)CC2)cc1. The van der Waals surface area contributed by atoms with Crippen LogP contribution in [0.4, 0.5) is 4.79 Å². The average molecular weight is 468 g/mol. The van der Waals surface area contributed by atoms with Crippen LogP contribution in [0.3, 0.4) is 0 Å². The maximum Gasteiger partial charge on any atom is 0.410 e. The molecule has 1 saturated heterocycles. The number of carbonyl (C=O) groups excluding carboxylic acids is 1. The number of benzene rings is 1. The largest absolute Gasteiger partial charge is 0.444 e. The van der Waals surface area contributed by atoms with E-state index in [1.165, 1.54) is 13.3 Å². The summed E-state index contributed by atoms with van der Waals surface area (Å²) in [6.45, 7) is 9.81. The molecule has 0 aromatic heterocycles. The highest BCUT2D eigenvalue weighted by molar-refractivity contribution is 7.91. The monoisotopic (exact) mass is 467 g/mol. The highest BCUT2D eigenvalue weighted by atomic mass is 32.2. The van der Waals surface area contributed by atoms with Crippen LogP contribution in [0.2, 0.25) is 0 Å². The van der Waals surface area contributed by atoms with Gasteiger partial charge in [-0.05, 0) is 82.4 Å². The van der Waals surface area contributed by atoms with E-state index in [1.54, 1.807) is 24.3 Å². The van der Waals surface area contributed by atoms with Crippen molar-refractivity contribution in [1.29, 1.82) is 0 Å². The lowest BCUT2D eigenvalue weighted by Gasteiger charge is -2.33. The lowest BCUT2D eigenvalue weighted by molar-refractivity contribution is 0.0170. The molecule has 1 heterocycles. The highest BCUT2D eigenvalue weighted by Crippen LogP contribution is 2.48. The molecular formula is C24H37NO6S. The van der Waals surface area contributed by atoms with Crippen molar-refractivity contribution in [2.75, 3.05) is 25.4 Å². The molecule has 1 aromatic carbocycles. The Kier molecular flexibility index (Phi) is 7.89. The quantitative estimate of drug-likeness (QED) is 0.627. The van der Waals surface area contributed by atoms with Crippen molar-refractivity contribution in [2.24, 2.45) is 17.8 Å². The number of aliphatic hydroxyl groups excluding tert-OH is 1. The number of nitrogens with zero attached hydrogens (tertiary/aromatic N) is 1. The van der Waals surface area contributed by atoms with E-state index in [0.29, 0.717) is 31.0 Å². The zero-order chi connectivity index (χ0) is 23.5. The number of hydrogen-bond donors (Lipinski definition) is 1. The van der Waals surface area contributed by atoms with Gasteiger partial charge in [0, 0.05) is 13.1 Å². The van der Waals surface area contributed by atoms with Gasteiger partial charge in [-0.15, -0.1) is 0 Å². The predicted molar refractivity (Wildman–Crippen MR) is 122 cm³/mol. The zero-order valence-electron chi connectivity index (χ0n) is 19.6. The average Bonchev–Trinajstić information content (AvgIpc) is 3.46. The van der Waals surface area contributed by atoms with Gasteiger partial charge in [-0.2, -0.15) is 0 Å². The number of hydrogen-bond acceptors (Lipinski definition) is 6. The van der Waals surface area contributed by atoms with Crippen LogP contribution in [0.5, 0.6) is 0 Å². The summed E-state index contributed by atoms with van der Waals surface area (Å²) in [4.78, 5) is 14.3. The topological polar surface area (TPSA) is 93.1 Å². The minimum atomic E-state index is -3.46. The fourth-order valence-corrected chi connectivity index (χ4v) is 5.79. The number of piperidine rings is 1. The van der Waals surface area contributed by atoms with Crippen LogP contribution in [-0.4, -0.2) is 61.7 Å². The minimum absolute atomic E-state index is 0.212. The number of carbonyl (C=O) groups is 1. The number of rotatable bonds is 8. The molecule has 1 aromatic rings. The Bertz CT molecular complexity index is 867. The normalized spacial score (nSPS) is 23.1. The molecule has 1 amide bonds. The molecule has 32 heavy (non-hydrogen) atoms. The number of ether oxygens (including phenoxy) is 2. The molecule has 1 aliphatic carbocycles.